The summed E-state index contributed by atoms with van der Waals surface area (Å²) in [5.41, 5.74) is 1.29. The third kappa shape index (κ3) is 3.97. The molecule has 7 nitrogen and oxygen atoms in total. The van der Waals surface area contributed by atoms with Gasteiger partial charge in [-0.25, -0.2) is 0 Å². The first-order valence-corrected chi connectivity index (χ1v) is 8.43. The maximum atomic E-state index is 12.4. The molecule has 1 aromatic heterocycles. The van der Waals surface area contributed by atoms with Crippen LogP contribution in [0.2, 0.25) is 0 Å². The zero-order chi connectivity index (χ0) is 17.8. The van der Waals surface area contributed by atoms with Crippen LogP contribution in [-0.4, -0.2) is 44.8 Å². The second-order valence-electron chi connectivity index (χ2n) is 5.40. The highest BCUT2D eigenvalue weighted by molar-refractivity contribution is 8.18. The summed E-state index contributed by atoms with van der Waals surface area (Å²) in [4.78, 5) is 37.9. The van der Waals surface area contributed by atoms with E-state index in [9.17, 15) is 14.4 Å². The van der Waals surface area contributed by atoms with Crippen LogP contribution in [0, 0.1) is 0 Å². The van der Waals surface area contributed by atoms with Crippen molar-refractivity contribution in [1.82, 2.24) is 20.0 Å². The minimum Gasteiger partial charge on any atom is -0.350 e. The molecule has 0 spiro atoms. The van der Waals surface area contributed by atoms with Crippen LogP contribution in [0.15, 0.2) is 47.6 Å². The molecular formula is C17H16N4O3S. The van der Waals surface area contributed by atoms with Gasteiger partial charge in [-0.3, -0.25) is 24.0 Å². The summed E-state index contributed by atoms with van der Waals surface area (Å²) in [6.07, 6.45) is 4.75. The smallest absolute Gasteiger partial charge is 0.293 e. The second kappa shape index (κ2) is 7.35. The van der Waals surface area contributed by atoms with Gasteiger partial charge in [-0.05, 0) is 23.4 Å². The Balaban J connectivity index is 1.58. The van der Waals surface area contributed by atoms with E-state index in [1.54, 1.807) is 19.3 Å². The maximum Gasteiger partial charge on any atom is 0.293 e. The highest BCUT2D eigenvalue weighted by atomic mass is 32.2. The van der Waals surface area contributed by atoms with Crippen molar-refractivity contribution in [2.75, 3.05) is 13.1 Å². The van der Waals surface area contributed by atoms with Crippen molar-refractivity contribution in [1.29, 1.82) is 0 Å². The number of nitrogens with one attached hydrogen (secondary N) is 1. The second-order valence-corrected chi connectivity index (χ2v) is 6.40. The summed E-state index contributed by atoms with van der Waals surface area (Å²) >= 11 is 0.908. The Hall–Kier alpha value is -2.87. The fourth-order valence-corrected chi connectivity index (χ4v) is 3.18. The third-order valence-corrected chi connectivity index (χ3v) is 4.47. The van der Waals surface area contributed by atoms with Gasteiger partial charge in [0.15, 0.2) is 0 Å². The molecule has 1 aliphatic heterocycles. The standard InChI is InChI=1S/C17H16N4O3S/c1-20-11-13(10-19-20)15(22)18-7-8-21-16(23)14(25-17(21)24)9-12-5-3-2-4-6-12/h2-6,9-11H,7-8H2,1H3,(H,18,22)/b14-9+. The van der Waals surface area contributed by atoms with Crippen LogP contribution in [0.25, 0.3) is 6.08 Å². The van der Waals surface area contributed by atoms with Gasteiger partial charge in [0.1, 0.15) is 0 Å². The van der Waals surface area contributed by atoms with Gasteiger partial charge in [0.25, 0.3) is 17.1 Å². The molecule has 0 aliphatic carbocycles. The van der Waals surface area contributed by atoms with E-state index < -0.39 is 0 Å². The van der Waals surface area contributed by atoms with Crippen molar-refractivity contribution in [3.63, 3.8) is 0 Å². The Bertz CT molecular complexity index is 845. The molecule has 1 N–H and O–H groups in total. The molecule has 128 valence electrons. The van der Waals surface area contributed by atoms with Crippen LogP contribution in [0.3, 0.4) is 0 Å². The minimum atomic E-state index is -0.338. The van der Waals surface area contributed by atoms with Gasteiger partial charge in [-0.15, -0.1) is 0 Å². The van der Waals surface area contributed by atoms with Crippen molar-refractivity contribution in [3.8, 4) is 0 Å². The molecule has 2 heterocycles. The van der Waals surface area contributed by atoms with Crippen molar-refractivity contribution in [2.24, 2.45) is 7.05 Å². The number of nitrogens with zero attached hydrogens (tertiary/aromatic N) is 3. The number of aromatic nitrogens is 2. The van der Waals surface area contributed by atoms with E-state index in [1.165, 1.54) is 10.9 Å². The number of amides is 3. The van der Waals surface area contributed by atoms with E-state index in [1.807, 2.05) is 30.3 Å². The third-order valence-electron chi connectivity index (χ3n) is 3.56. The fourth-order valence-electron chi connectivity index (χ4n) is 2.32. The zero-order valence-electron chi connectivity index (χ0n) is 13.5. The SMILES string of the molecule is Cn1cc(C(=O)NCCN2C(=O)S/C(=C/c3ccccc3)C2=O)cn1. The Morgan fingerprint density at radius 1 is 1.28 bits per heavy atom. The molecule has 1 aromatic carbocycles. The van der Waals surface area contributed by atoms with Gasteiger partial charge < -0.3 is 5.32 Å². The Kier molecular flexibility index (Phi) is 4.99. The molecule has 0 radical (unpaired) electrons. The molecule has 3 amide bonds. The number of rotatable bonds is 5. The van der Waals surface area contributed by atoms with E-state index in [4.69, 9.17) is 0 Å². The molecule has 0 saturated carbocycles. The molecule has 0 unspecified atom stereocenters. The Morgan fingerprint density at radius 2 is 2.04 bits per heavy atom. The summed E-state index contributed by atoms with van der Waals surface area (Å²) in [5, 5.41) is 6.27. The van der Waals surface area contributed by atoms with Gasteiger partial charge >= 0.3 is 0 Å². The van der Waals surface area contributed by atoms with E-state index in [-0.39, 0.29) is 30.1 Å². The van der Waals surface area contributed by atoms with E-state index in [0.717, 1.165) is 22.2 Å². The molecular weight excluding hydrogens is 340 g/mol. The highest BCUT2D eigenvalue weighted by Gasteiger charge is 2.34. The molecule has 2 aromatic rings. The molecule has 3 rings (SSSR count). The molecule has 1 fully saturated rings. The number of carbonyl (C=O) groups is 3. The molecule has 0 bridgehead atoms. The van der Waals surface area contributed by atoms with E-state index in [2.05, 4.69) is 10.4 Å². The first-order valence-electron chi connectivity index (χ1n) is 7.62. The molecule has 8 heteroatoms. The van der Waals surface area contributed by atoms with E-state index in [0.29, 0.717) is 10.5 Å². The summed E-state index contributed by atoms with van der Waals surface area (Å²) < 4.78 is 1.53. The van der Waals surface area contributed by atoms with Crippen LogP contribution in [0.5, 0.6) is 0 Å². The quantitative estimate of drug-likeness (QED) is 0.827. The number of hydrogen-bond acceptors (Lipinski definition) is 5. The van der Waals surface area contributed by atoms with Crippen molar-refractivity contribution in [2.45, 2.75) is 0 Å². The van der Waals surface area contributed by atoms with Gasteiger partial charge in [0.2, 0.25) is 0 Å². The largest absolute Gasteiger partial charge is 0.350 e. The maximum absolute atomic E-state index is 12.4. The Labute approximate surface area is 148 Å². The summed E-state index contributed by atoms with van der Waals surface area (Å²) in [6.45, 7) is 0.313. The van der Waals surface area contributed by atoms with Crippen LogP contribution in [0.1, 0.15) is 15.9 Å². The summed E-state index contributed by atoms with van der Waals surface area (Å²) in [5.74, 6) is -0.630. The van der Waals surface area contributed by atoms with Crippen LogP contribution < -0.4 is 5.32 Å². The highest BCUT2D eigenvalue weighted by Crippen LogP contribution is 2.31. The molecule has 1 saturated heterocycles. The lowest BCUT2D eigenvalue weighted by Crippen LogP contribution is -2.37. The molecule has 1 aliphatic rings. The first kappa shape index (κ1) is 17.0. The monoisotopic (exact) mass is 356 g/mol. The van der Waals surface area contributed by atoms with Crippen LogP contribution >= 0.6 is 11.8 Å². The Morgan fingerprint density at radius 3 is 2.72 bits per heavy atom. The number of thioether (sulfide) groups is 1. The zero-order valence-corrected chi connectivity index (χ0v) is 14.3. The summed E-state index contributed by atoms with van der Waals surface area (Å²) in [6, 6.07) is 9.34. The predicted molar refractivity (Wildman–Crippen MR) is 94.7 cm³/mol. The van der Waals surface area contributed by atoms with Crippen molar-refractivity contribution >= 4 is 34.9 Å². The average Bonchev–Trinajstić information content (AvgIpc) is 3.14. The number of imide groups is 1. The predicted octanol–water partition coefficient (Wildman–Crippen LogP) is 1.89. The number of hydrogen-bond donors (Lipinski definition) is 1. The topological polar surface area (TPSA) is 84.3 Å². The lowest BCUT2D eigenvalue weighted by molar-refractivity contribution is -0.122. The van der Waals surface area contributed by atoms with Crippen molar-refractivity contribution in [3.05, 3.63) is 58.8 Å². The van der Waals surface area contributed by atoms with Crippen LogP contribution in [-0.2, 0) is 11.8 Å². The number of benzene rings is 1. The number of carbonyl (C=O) groups excluding carboxylic acids is 3. The van der Waals surface area contributed by atoms with Crippen molar-refractivity contribution < 1.29 is 14.4 Å². The van der Waals surface area contributed by atoms with Gasteiger partial charge in [0.05, 0.1) is 16.7 Å². The van der Waals surface area contributed by atoms with Gasteiger partial charge in [-0.2, -0.15) is 5.10 Å². The lowest BCUT2D eigenvalue weighted by Gasteiger charge is -2.12. The first-order chi connectivity index (χ1) is 12.0. The van der Waals surface area contributed by atoms with Gasteiger partial charge in [-0.1, -0.05) is 30.3 Å². The fraction of sp³-hybridized carbons (Fsp3) is 0.176. The number of aryl methyl sites for hydroxylation is 1. The molecule has 0 atom stereocenters. The van der Waals surface area contributed by atoms with Gasteiger partial charge in [0, 0.05) is 26.3 Å². The van der Waals surface area contributed by atoms with E-state index >= 15 is 0 Å². The normalized spacial score (nSPS) is 15.9. The summed E-state index contributed by atoms with van der Waals surface area (Å²) in [7, 11) is 1.72. The lowest BCUT2D eigenvalue weighted by atomic mass is 10.2. The molecule has 25 heavy (non-hydrogen) atoms. The average molecular weight is 356 g/mol. The van der Waals surface area contributed by atoms with Crippen LogP contribution in [0.4, 0.5) is 4.79 Å². The minimum absolute atomic E-state index is 0.128.